The van der Waals surface area contributed by atoms with Crippen molar-refractivity contribution in [1.82, 2.24) is 19.3 Å². The number of nitrogens with one attached hydrogen (secondary N) is 1. The Balaban J connectivity index is 1.60. The molecule has 0 fully saturated rings. The summed E-state index contributed by atoms with van der Waals surface area (Å²) in [7, 11) is -3.57. The van der Waals surface area contributed by atoms with E-state index < -0.39 is 10.0 Å². The zero-order chi connectivity index (χ0) is 19.6. The highest BCUT2D eigenvalue weighted by Gasteiger charge is 2.16. The Labute approximate surface area is 163 Å². The first kappa shape index (κ1) is 18.3. The molecule has 0 radical (unpaired) electrons. The van der Waals surface area contributed by atoms with Gasteiger partial charge in [0.1, 0.15) is 11.3 Å². The van der Waals surface area contributed by atoms with Gasteiger partial charge in [-0.15, -0.1) is 0 Å². The van der Waals surface area contributed by atoms with E-state index in [0.717, 1.165) is 28.1 Å². The fourth-order valence-corrected chi connectivity index (χ4v) is 4.09. The zero-order valence-corrected chi connectivity index (χ0v) is 16.2. The summed E-state index contributed by atoms with van der Waals surface area (Å²) in [6, 6.07) is 20.4. The van der Waals surface area contributed by atoms with E-state index in [-0.39, 0.29) is 11.4 Å². The third kappa shape index (κ3) is 3.67. The number of benzene rings is 2. The van der Waals surface area contributed by atoms with Crippen molar-refractivity contribution in [2.24, 2.45) is 0 Å². The molecule has 2 aromatic carbocycles. The highest BCUT2D eigenvalue weighted by molar-refractivity contribution is 7.89. The lowest BCUT2D eigenvalue weighted by Gasteiger charge is -2.11. The molecule has 2 aromatic heterocycles. The quantitative estimate of drug-likeness (QED) is 0.546. The molecule has 0 aliphatic heterocycles. The third-order valence-electron chi connectivity index (χ3n) is 4.49. The molecule has 0 aliphatic rings. The molecule has 0 saturated heterocycles. The molecule has 7 heteroatoms. The highest BCUT2D eigenvalue weighted by Crippen LogP contribution is 2.23. The van der Waals surface area contributed by atoms with E-state index in [1.165, 1.54) is 0 Å². The van der Waals surface area contributed by atoms with Gasteiger partial charge in [0, 0.05) is 24.8 Å². The summed E-state index contributed by atoms with van der Waals surface area (Å²) in [5, 5.41) is 0. The van der Waals surface area contributed by atoms with Crippen molar-refractivity contribution in [2.45, 2.75) is 18.4 Å². The van der Waals surface area contributed by atoms with Crippen LogP contribution in [0.3, 0.4) is 0 Å². The van der Waals surface area contributed by atoms with Gasteiger partial charge >= 0.3 is 0 Å². The topological polar surface area (TPSA) is 76.9 Å². The number of hydrogen-bond donors (Lipinski definition) is 1. The molecule has 4 aromatic rings. The van der Waals surface area contributed by atoms with Crippen molar-refractivity contribution in [3.05, 3.63) is 78.5 Å². The summed E-state index contributed by atoms with van der Waals surface area (Å²) in [4.78, 5) is 9.38. The maximum atomic E-state index is 12.5. The number of aryl methyl sites for hydroxylation is 1. The summed E-state index contributed by atoms with van der Waals surface area (Å²) in [6.07, 6.45) is 1.71. The number of nitrogens with zero attached hydrogens (tertiary/aromatic N) is 3. The molecule has 0 saturated carbocycles. The molecule has 0 aliphatic carbocycles. The van der Waals surface area contributed by atoms with Crippen LogP contribution in [-0.4, -0.2) is 29.5 Å². The number of sulfonamides is 1. The molecule has 2 heterocycles. The second kappa shape index (κ2) is 7.53. The monoisotopic (exact) mass is 392 g/mol. The summed E-state index contributed by atoms with van der Waals surface area (Å²) in [5.74, 6) is 0.767. The first-order valence-corrected chi connectivity index (χ1v) is 10.5. The van der Waals surface area contributed by atoms with Crippen LogP contribution in [0.25, 0.3) is 22.6 Å². The SMILES string of the molecule is Cc1ccc(S(=O)(=O)NCCn2c(-c3ccccc3)nc3cccnc32)cc1. The summed E-state index contributed by atoms with van der Waals surface area (Å²) in [6.45, 7) is 2.58. The van der Waals surface area contributed by atoms with E-state index in [1.807, 2.05) is 54.0 Å². The van der Waals surface area contributed by atoms with E-state index in [2.05, 4.69) is 14.7 Å². The lowest BCUT2D eigenvalue weighted by molar-refractivity contribution is 0.574. The zero-order valence-electron chi connectivity index (χ0n) is 15.4. The van der Waals surface area contributed by atoms with Crippen LogP contribution in [0.4, 0.5) is 0 Å². The predicted octanol–water partition coefficient (Wildman–Crippen LogP) is 3.39. The molecule has 4 rings (SSSR count). The highest BCUT2D eigenvalue weighted by atomic mass is 32.2. The van der Waals surface area contributed by atoms with Crippen LogP contribution >= 0.6 is 0 Å². The Bertz CT molecular complexity index is 1200. The van der Waals surface area contributed by atoms with Gasteiger partial charge in [0.25, 0.3) is 0 Å². The fourth-order valence-electron chi connectivity index (χ4n) is 3.07. The summed E-state index contributed by atoms with van der Waals surface area (Å²) in [5.41, 5.74) is 3.49. The van der Waals surface area contributed by atoms with Crippen molar-refractivity contribution >= 4 is 21.2 Å². The van der Waals surface area contributed by atoms with Crippen LogP contribution in [0.1, 0.15) is 5.56 Å². The molecule has 0 spiro atoms. The molecule has 1 N–H and O–H groups in total. The van der Waals surface area contributed by atoms with Crippen LogP contribution in [0.15, 0.2) is 77.8 Å². The third-order valence-corrected chi connectivity index (χ3v) is 5.97. The first-order valence-electron chi connectivity index (χ1n) is 8.97. The smallest absolute Gasteiger partial charge is 0.240 e. The predicted molar refractivity (Wildman–Crippen MR) is 109 cm³/mol. The molecule has 0 unspecified atom stereocenters. The lowest BCUT2D eigenvalue weighted by atomic mass is 10.2. The number of rotatable bonds is 6. The van der Waals surface area contributed by atoms with E-state index in [1.54, 1.807) is 30.5 Å². The van der Waals surface area contributed by atoms with Crippen LogP contribution in [-0.2, 0) is 16.6 Å². The lowest BCUT2D eigenvalue weighted by Crippen LogP contribution is -2.27. The summed E-state index contributed by atoms with van der Waals surface area (Å²) >= 11 is 0. The Morgan fingerprint density at radius 1 is 0.964 bits per heavy atom. The normalized spacial score (nSPS) is 11.8. The van der Waals surface area contributed by atoms with Gasteiger partial charge in [-0.05, 0) is 31.2 Å². The molecule has 6 nitrogen and oxygen atoms in total. The standard InChI is InChI=1S/C21H20N4O2S/c1-16-9-11-18(12-10-16)28(26,27)23-14-15-25-20(17-6-3-2-4-7-17)24-19-8-5-13-22-21(19)25/h2-13,23H,14-15H2,1H3. The molecule has 28 heavy (non-hydrogen) atoms. The maximum absolute atomic E-state index is 12.5. The Hall–Kier alpha value is -3.03. The minimum absolute atomic E-state index is 0.234. The Morgan fingerprint density at radius 3 is 2.46 bits per heavy atom. The first-order chi connectivity index (χ1) is 13.5. The Kier molecular flexibility index (Phi) is 4.93. The van der Waals surface area contributed by atoms with Gasteiger partial charge in [0.05, 0.1) is 4.90 Å². The number of pyridine rings is 1. The number of imidazole rings is 1. The van der Waals surface area contributed by atoms with Crippen LogP contribution < -0.4 is 4.72 Å². The van der Waals surface area contributed by atoms with Crippen LogP contribution in [0.5, 0.6) is 0 Å². The van der Waals surface area contributed by atoms with E-state index >= 15 is 0 Å². The van der Waals surface area contributed by atoms with Gasteiger partial charge in [-0.3, -0.25) is 0 Å². The van der Waals surface area contributed by atoms with Crippen molar-refractivity contribution in [2.75, 3.05) is 6.54 Å². The van der Waals surface area contributed by atoms with E-state index in [4.69, 9.17) is 0 Å². The molecule has 0 atom stereocenters. The fraction of sp³-hybridized carbons (Fsp3) is 0.143. The van der Waals surface area contributed by atoms with Gasteiger partial charge in [0.2, 0.25) is 10.0 Å². The summed E-state index contributed by atoms with van der Waals surface area (Å²) < 4.78 is 29.7. The molecule has 0 bridgehead atoms. The molecular weight excluding hydrogens is 372 g/mol. The number of fused-ring (bicyclic) bond motifs is 1. The van der Waals surface area contributed by atoms with E-state index in [9.17, 15) is 8.42 Å². The minimum atomic E-state index is -3.57. The van der Waals surface area contributed by atoms with Crippen LogP contribution in [0.2, 0.25) is 0 Å². The van der Waals surface area contributed by atoms with Crippen molar-refractivity contribution < 1.29 is 8.42 Å². The largest absolute Gasteiger partial charge is 0.307 e. The van der Waals surface area contributed by atoms with Gasteiger partial charge < -0.3 is 4.57 Å². The molecule has 0 amide bonds. The van der Waals surface area contributed by atoms with Crippen molar-refractivity contribution in [3.63, 3.8) is 0 Å². The second-order valence-corrected chi connectivity index (χ2v) is 8.28. The van der Waals surface area contributed by atoms with Gasteiger partial charge in [0.15, 0.2) is 5.65 Å². The molecule has 142 valence electrons. The Morgan fingerprint density at radius 2 is 1.71 bits per heavy atom. The average Bonchev–Trinajstić information content (AvgIpc) is 3.08. The van der Waals surface area contributed by atoms with Crippen molar-refractivity contribution in [3.8, 4) is 11.4 Å². The average molecular weight is 392 g/mol. The number of hydrogen-bond acceptors (Lipinski definition) is 4. The maximum Gasteiger partial charge on any atom is 0.240 e. The van der Waals surface area contributed by atoms with Gasteiger partial charge in [-0.1, -0.05) is 48.0 Å². The van der Waals surface area contributed by atoms with Gasteiger partial charge in [-0.2, -0.15) is 0 Å². The van der Waals surface area contributed by atoms with Crippen LogP contribution in [0, 0.1) is 6.92 Å². The van der Waals surface area contributed by atoms with Gasteiger partial charge in [-0.25, -0.2) is 23.1 Å². The number of aromatic nitrogens is 3. The minimum Gasteiger partial charge on any atom is -0.307 e. The second-order valence-electron chi connectivity index (χ2n) is 6.51. The van der Waals surface area contributed by atoms with E-state index in [0.29, 0.717) is 6.54 Å². The molecular formula is C21H20N4O2S. The van der Waals surface area contributed by atoms with Crippen molar-refractivity contribution in [1.29, 1.82) is 0 Å².